The van der Waals surface area contributed by atoms with Crippen LogP contribution in [0.2, 0.25) is 5.02 Å². The monoisotopic (exact) mass is 609 g/mol. The van der Waals surface area contributed by atoms with Crippen LogP contribution in [0.25, 0.3) is 16.6 Å². The summed E-state index contributed by atoms with van der Waals surface area (Å²) in [4.78, 5) is 33.7. The molecule has 1 aliphatic carbocycles. The van der Waals surface area contributed by atoms with Gasteiger partial charge in [0.15, 0.2) is 0 Å². The summed E-state index contributed by atoms with van der Waals surface area (Å²) in [7, 11) is 0. The van der Waals surface area contributed by atoms with E-state index < -0.39 is 5.91 Å². The fourth-order valence-corrected chi connectivity index (χ4v) is 6.83. The molecule has 0 bridgehead atoms. The molecular weight excluding hydrogens is 570 g/mol. The fraction of sp³-hybridized carbons (Fsp3) is 0.361. The molecule has 2 N–H and O–H groups in total. The molecule has 1 fully saturated rings. The minimum atomic E-state index is -0.437. The van der Waals surface area contributed by atoms with Gasteiger partial charge in [0.1, 0.15) is 5.65 Å². The largest absolute Gasteiger partial charge is 0.369 e. The predicted octanol–water partition coefficient (Wildman–Crippen LogP) is 6.83. The summed E-state index contributed by atoms with van der Waals surface area (Å²) in [6.45, 7) is 11.0. The summed E-state index contributed by atoms with van der Waals surface area (Å²) in [6.07, 6.45) is 7.46. The number of primary amides is 1. The van der Waals surface area contributed by atoms with Crippen LogP contribution in [-0.4, -0.2) is 59.0 Å². The SMILES string of the molecule is CC(=O)n1ccc2cc(Cc3cc(N4CCN(CC5=C(c6ccc(Cl)cc6)CC(C)(C)CC5)CC4)ccc3C(N)=O)cnc21. The van der Waals surface area contributed by atoms with Crippen LogP contribution >= 0.6 is 11.6 Å². The Morgan fingerprint density at radius 2 is 1.75 bits per heavy atom. The summed E-state index contributed by atoms with van der Waals surface area (Å²) >= 11 is 6.20. The lowest BCUT2D eigenvalue weighted by atomic mass is 9.72. The van der Waals surface area contributed by atoms with E-state index in [2.05, 4.69) is 46.8 Å². The molecule has 1 aliphatic heterocycles. The molecule has 2 aliphatic rings. The summed E-state index contributed by atoms with van der Waals surface area (Å²) in [5.74, 6) is -0.515. The summed E-state index contributed by atoms with van der Waals surface area (Å²) in [5, 5.41) is 1.66. The van der Waals surface area contributed by atoms with Crippen LogP contribution < -0.4 is 10.6 Å². The first-order valence-electron chi connectivity index (χ1n) is 15.4. The van der Waals surface area contributed by atoms with Gasteiger partial charge in [0.05, 0.1) is 0 Å². The molecule has 6 rings (SSSR count). The van der Waals surface area contributed by atoms with Crippen LogP contribution in [0.5, 0.6) is 0 Å². The van der Waals surface area contributed by atoms with Gasteiger partial charge in [0, 0.05) is 73.7 Å². The minimum Gasteiger partial charge on any atom is -0.369 e. The van der Waals surface area contributed by atoms with Gasteiger partial charge >= 0.3 is 0 Å². The van der Waals surface area contributed by atoms with Crippen molar-refractivity contribution in [1.82, 2.24) is 14.5 Å². The molecule has 2 aromatic carbocycles. The number of nitrogens with two attached hydrogens (primary N) is 1. The quantitative estimate of drug-likeness (QED) is 0.248. The van der Waals surface area contributed by atoms with Gasteiger partial charge in [-0.1, -0.05) is 43.2 Å². The zero-order valence-corrected chi connectivity index (χ0v) is 26.5. The van der Waals surface area contributed by atoms with E-state index in [4.69, 9.17) is 17.3 Å². The molecule has 7 nitrogen and oxygen atoms in total. The van der Waals surface area contributed by atoms with E-state index in [-0.39, 0.29) is 5.91 Å². The molecule has 1 saturated heterocycles. The molecule has 0 atom stereocenters. The Labute approximate surface area is 264 Å². The Balaban J connectivity index is 1.17. The van der Waals surface area contributed by atoms with E-state index >= 15 is 0 Å². The second-order valence-electron chi connectivity index (χ2n) is 13.0. The van der Waals surface area contributed by atoms with Crippen LogP contribution in [-0.2, 0) is 6.42 Å². The lowest BCUT2D eigenvalue weighted by Gasteiger charge is -2.39. The number of amides is 1. The second-order valence-corrected chi connectivity index (χ2v) is 13.5. The molecule has 2 aromatic heterocycles. The first-order chi connectivity index (χ1) is 21.1. The zero-order valence-electron chi connectivity index (χ0n) is 25.8. The highest BCUT2D eigenvalue weighted by Crippen LogP contribution is 2.43. The Morgan fingerprint density at radius 3 is 2.45 bits per heavy atom. The molecule has 0 saturated carbocycles. The first kappa shape index (κ1) is 30.1. The molecule has 3 heterocycles. The maximum atomic E-state index is 12.3. The van der Waals surface area contributed by atoms with Crippen LogP contribution in [0, 0.1) is 5.41 Å². The lowest BCUT2D eigenvalue weighted by Crippen LogP contribution is -2.47. The zero-order chi connectivity index (χ0) is 31.0. The number of halogens is 1. The molecule has 0 radical (unpaired) electrons. The van der Waals surface area contributed by atoms with Gasteiger partial charge < -0.3 is 10.6 Å². The molecule has 8 heteroatoms. The van der Waals surface area contributed by atoms with E-state index in [9.17, 15) is 9.59 Å². The van der Waals surface area contributed by atoms with Gasteiger partial charge in [-0.2, -0.15) is 0 Å². The second kappa shape index (κ2) is 12.2. The summed E-state index contributed by atoms with van der Waals surface area (Å²) in [5.41, 5.74) is 14.5. The number of fused-ring (bicyclic) bond motifs is 1. The Hall–Kier alpha value is -3.94. The number of aromatic nitrogens is 2. The number of hydrogen-bond acceptors (Lipinski definition) is 5. The van der Waals surface area contributed by atoms with Crippen LogP contribution in [0.4, 0.5) is 5.69 Å². The van der Waals surface area contributed by atoms with Crippen molar-refractivity contribution in [2.45, 2.75) is 46.5 Å². The lowest BCUT2D eigenvalue weighted by molar-refractivity contribution is 0.0940. The summed E-state index contributed by atoms with van der Waals surface area (Å²) in [6, 6.07) is 18.2. The van der Waals surface area contributed by atoms with Crippen LogP contribution in [0.15, 0.2) is 72.6 Å². The van der Waals surface area contributed by atoms with Gasteiger partial charge in [0.2, 0.25) is 11.8 Å². The number of hydrogen-bond donors (Lipinski definition) is 1. The predicted molar refractivity (Wildman–Crippen MR) is 178 cm³/mol. The first-order valence-corrected chi connectivity index (χ1v) is 15.8. The highest BCUT2D eigenvalue weighted by molar-refractivity contribution is 6.30. The number of allylic oxidation sites excluding steroid dienone is 1. The fourth-order valence-electron chi connectivity index (χ4n) is 6.70. The van der Waals surface area contributed by atoms with Crippen molar-refractivity contribution in [2.75, 3.05) is 37.6 Å². The maximum Gasteiger partial charge on any atom is 0.248 e. The number of carbonyl (C=O) groups excluding carboxylic acids is 2. The van der Waals surface area contributed by atoms with E-state index in [1.54, 1.807) is 18.0 Å². The number of benzene rings is 2. The molecule has 0 unspecified atom stereocenters. The number of nitrogens with zero attached hydrogens (tertiary/aromatic N) is 4. The third kappa shape index (κ3) is 6.44. The third-order valence-electron chi connectivity index (χ3n) is 9.20. The molecule has 228 valence electrons. The van der Waals surface area contributed by atoms with E-state index in [0.29, 0.717) is 23.0 Å². The number of rotatable bonds is 7. The van der Waals surface area contributed by atoms with Gasteiger partial charge in [-0.25, -0.2) is 4.98 Å². The van der Waals surface area contributed by atoms with E-state index in [1.807, 2.05) is 36.4 Å². The Bertz CT molecular complexity index is 1750. The molecule has 0 spiro atoms. The van der Waals surface area contributed by atoms with Gasteiger partial charge in [-0.05, 0) is 95.8 Å². The standard InChI is InChI=1S/C36H40ClN5O2/c1-24(43)42-13-11-27-18-25(22-39-35(27)42)19-29-20-31(8-9-32(29)34(38)44)41-16-14-40(15-17-41)23-28-10-12-36(2,3)21-33(28)26-4-6-30(37)7-5-26/h4-9,11,13,18,20,22H,10,12,14-17,19,21,23H2,1-3H3,(H2,38,44). The van der Waals surface area contributed by atoms with Crippen LogP contribution in [0.1, 0.15) is 71.9 Å². The Kier molecular flexibility index (Phi) is 8.36. The van der Waals surface area contributed by atoms with Crippen molar-refractivity contribution in [3.05, 3.63) is 99.8 Å². The molecular formula is C36H40ClN5O2. The van der Waals surface area contributed by atoms with Crippen molar-refractivity contribution in [1.29, 1.82) is 0 Å². The van der Waals surface area contributed by atoms with Crippen molar-refractivity contribution in [3.63, 3.8) is 0 Å². The molecule has 4 aromatic rings. The van der Waals surface area contributed by atoms with Crippen molar-refractivity contribution in [2.24, 2.45) is 11.1 Å². The number of pyridine rings is 1. The summed E-state index contributed by atoms with van der Waals surface area (Å²) < 4.78 is 1.54. The number of carbonyl (C=O) groups is 2. The number of anilines is 1. The van der Waals surface area contributed by atoms with Crippen molar-refractivity contribution >= 4 is 45.7 Å². The van der Waals surface area contributed by atoms with Gasteiger partial charge in [-0.15, -0.1) is 0 Å². The highest BCUT2D eigenvalue weighted by atomic mass is 35.5. The Morgan fingerprint density at radius 1 is 1.00 bits per heavy atom. The van der Waals surface area contributed by atoms with Gasteiger partial charge in [-0.3, -0.25) is 19.1 Å². The van der Waals surface area contributed by atoms with Gasteiger partial charge in [0.25, 0.3) is 0 Å². The normalized spacial score (nSPS) is 17.3. The van der Waals surface area contributed by atoms with E-state index in [1.165, 1.54) is 29.0 Å². The smallest absolute Gasteiger partial charge is 0.248 e. The third-order valence-corrected chi connectivity index (χ3v) is 9.45. The average Bonchev–Trinajstić information content (AvgIpc) is 3.42. The van der Waals surface area contributed by atoms with E-state index in [0.717, 1.165) is 72.8 Å². The van der Waals surface area contributed by atoms with Crippen molar-refractivity contribution in [3.8, 4) is 0 Å². The maximum absolute atomic E-state index is 12.3. The highest BCUT2D eigenvalue weighted by Gasteiger charge is 2.29. The van der Waals surface area contributed by atoms with Crippen molar-refractivity contribution < 1.29 is 9.59 Å². The molecule has 44 heavy (non-hydrogen) atoms. The average molecular weight is 610 g/mol. The molecule has 1 amide bonds. The topological polar surface area (TPSA) is 84.5 Å². The number of piperazine rings is 1. The van der Waals surface area contributed by atoms with Crippen LogP contribution in [0.3, 0.4) is 0 Å². The minimum absolute atomic E-state index is 0.0783.